The van der Waals surface area contributed by atoms with Gasteiger partial charge in [-0.25, -0.2) is 14.8 Å². The first kappa shape index (κ1) is 16.0. The summed E-state index contributed by atoms with van der Waals surface area (Å²) in [6.07, 6.45) is 1.56. The summed E-state index contributed by atoms with van der Waals surface area (Å²) in [5.41, 5.74) is 1.37. The molecule has 7 heteroatoms. The van der Waals surface area contributed by atoms with Gasteiger partial charge in [-0.2, -0.15) is 0 Å². The Labute approximate surface area is 149 Å². The second-order valence-corrected chi connectivity index (χ2v) is 6.77. The van der Waals surface area contributed by atoms with E-state index in [9.17, 15) is 4.79 Å². The lowest BCUT2D eigenvalue weighted by molar-refractivity contribution is 0.0472. The van der Waals surface area contributed by atoms with Gasteiger partial charge in [-0.15, -0.1) is 11.3 Å². The van der Waals surface area contributed by atoms with Crippen LogP contribution >= 0.6 is 11.3 Å². The smallest absolute Gasteiger partial charge is 0.340 e. The lowest BCUT2D eigenvalue weighted by Crippen LogP contribution is -2.36. The van der Waals surface area contributed by atoms with E-state index in [1.54, 1.807) is 12.3 Å². The van der Waals surface area contributed by atoms with E-state index in [1.807, 2.05) is 30.3 Å². The van der Waals surface area contributed by atoms with E-state index in [4.69, 9.17) is 9.47 Å². The Balaban J connectivity index is 1.38. The molecule has 3 heterocycles. The maximum Gasteiger partial charge on any atom is 0.340 e. The van der Waals surface area contributed by atoms with Gasteiger partial charge in [0.25, 0.3) is 0 Å². The molecule has 0 saturated carbocycles. The van der Waals surface area contributed by atoms with Gasteiger partial charge in [-0.05, 0) is 24.3 Å². The predicted molar refractivity (Wildman–Crippen MR) is 96.0 cm³/mol. The first-order valence-electron chi connectivity index (χ1n) is 8.10. The molecule has 0 aliphatic carbocycles. The molecule has 2 aromatic heterocycles. The molecule has 0 amide bonds. The SMILES string of the molecule is O=C(OCc1nc2ccccc2s1)c1ccc(N2CCOCC2)nc1. The Bertz CT molecular complexity index is 840. The number of hydrogen-bond acceptors (Lipinski definition) is 7. The van der Waals surface area contributed by atoms with Gasteiger partial charge in [0.2, 0.25) is 0 Å². The van der Waals surface area contributed by atoms with Crippen molar-refractivity contribution in [3.63, 3.8) is 0 Å². The van der Waals surface area contributed by atoms with Crippen LogP contribution in [0.5, 0.6) is 0 Å². The lowest BCUT2D eigenvalue weighted by atomic mass is 10.2. The number of aromatic nitrogens is 2. The van der Waals surface area contributed by atoms with Crippen molar-refractivity contribution in [1.82, 2.24) is 9.97 Å². The molecule has 4 rings (SSSR count). The third-order valence-electron chi connectivity index (χ3n) is 3.98. The third kappa shape index (κ3) is 3.62. The molecule has 0 unspecified atom stereocenters. The number of fused-ring (bicyclic) bond motifs is 1. The topological polar surface area (TPSA) is 64.5 Å². The van der Waals surface area contributed by atoms with Crippen molar-refractivity contribution < 1.29 is 14.3 Å². The monoisotopic (exact) mass is 355 g/mol. The molecular formula is C18H17N3O3S. The molecule has 0 spiro atoms. The number of benzene rings is 1. The summed E-state index contributed by atoms with van der Waals surface area (Å²) in [5, 5.41) is 0.785. The molecule has 6 nitrogen and oxygen atoms in total. The molecule has 1 saturated heterocycles. The van der Waals surface area contributed by atoms with Gasteiger partial charge in [0.15, 0.2) is 0 Å². The van der Waals surface area contributed by atoms with Gasteiger partial charge in [-0.1, -0.05) is 12.1 Å². The summed E-state index contributed by atoms with van der Waals surface area (Å²) in [4.78, 5) is 23.2. The fourth-order valence-electron chi connectivity index (χ4n) is 2.68. The summed E-state index contributed by atoms with van der Waals surface area (Å²) >= 11 is 1.53. The number of para-hydroxylation sites is 1. The van der Waals surface area contributed by atoms with E-state index < -0.39 is 0 Å². The molecule has 1 aliphatic rings. The first-order valence-corrected chi connectivity index (χ1v) is 8.91. The predicted octanol–water partition coefficient (Wildman–Crippen LogP) is 2.88. The van der Waals surface area contributed by atoms with Gasteiger partial charge in [0.05, 0.1) is 29.0 Å². The summed E-state index contributed by atoms with van der Waals surface area (Å²) in [7, 11) is 0. The summed E-state index contributed by atoms with van der Waals surface area (Å²) in [5.74, 6) is 0.464. The maximum atomic E-state index is 12.2. The van der Waals surface area contributed by atoms with Crippen LogP contribution in [0.3, 0.4) is 0 Å². The molecule has 3 aromatic rings. The van der Waals surface area contributed by atoms with Crippen molar-refractivity contribution in [3.8, 4) is 0 Å². The number of esters is 1. The fraction of sp³-hybridized carbons (Fsp3) is 0.278. The van der Waals surface area contributed by atoms with Crippen molar-refractivity contribution in [1.29, 1.82) is 0 Å². The van der Waals surface area contributed by atoms with Gasteiger partial charge in [-0.3, -0.25) is 0 Å². The zero-order chi connectivity index (χ0) is 17.1. The molecule has 0 radical (unpaired) electrons. The summed E-state index contributed by atoms with van der Waals surface area (Å²) < 4.78 is 11.8. The Morgan fingerprint density at radius 3 is 2.80 bits per heavy atom. The van der Waals surface area contributed by atoms with Gasteiger partial charge >= 0.3 is 5.97 Å². The van der Waals surface area contributed by atoms with Crippen molar-refractivity contribution in [2.75, 3.05) is 31.2 Å². The fourth-order valence-corrected chi connectivity index (χ4v) is 3.56. The molecule has 128 valence electrons. The number of rotatable bonds is 4. The van der Waals surface area contributed by atoms with Gasteiger partial charge < -0.3 is 14.4 Å². The molecule has 1 aliphatic heterocycles. The van der Waals surface area contributed by atoms with Crippen LogP contribution in [0.15, 0.2) is 42.6 Å². The van der Waals surface area contributed by atoms with E-state index in [0.717, 1.165) is 34.1 Å². The largest absolute Gasteiger partial charge is 0.455 e. The highest BCUT2D eigenvalue weighted by atomic mass is 32.1. The number of pyridine rings is 1. The maximum absolute atomic E-state index is 12.2. The van der Waals surface area contributed by atoms with E-state index >= 15 is 0 Å². The zero-order valence-corrected chi connectivity index (χ0v) is 14.4. The van der Waals surface area contributed by atoms with E-state index in [1.165, 1.54) is 11.3 Å². The number of thiazole rings is 1. The average Bonchev–Trinajstić information content (AvgIpc) is 3.10. The highest BCUT2D eigenvalue weighted by Gasteiger charge is 2.14. The highest BCUT2D eigenvalue weighted by molar-refractivity contribution is 7.18. The standard InChI is InChI=1S/C18H17N3O3S/c22-18(24-12-17-20-14-3-1-2-4-15(14)25-17)13-5-6-16(19-11-13)21-7-9-23-10-8-21/h1-6,11H,7-10,12H2. The van der Waals surface area contributed by atoms with Crippen molar-refractivity contribution in [2.24, 2.45) is 0 Å². The lowest BCUT2D eigenvalue weighted by Gasteiger charge is -2.27. The van der Waals surface area contributed by atoms with Crippen LogP contribution in [0.2, 0.25) is 0 Å². The second kappa shape index (κ2) is 7.16. The van der Waals surface area contributed by atoms with Crippen molar-refractivity contribution in [2.45, 2.75) is 6.61 Å². The average molecular weight is 355 g/mol. The quantitative estimate of drug-likeness (QED) is 0.671. The van der Waals surface area contributed by atoms with Crippen LogP contribution in [0, 0.1) is 0 Å². The first-order chi connectivity index (χ1) is 12.3. The summed E-state index contributed by atoms with van der Waals surface area (Å²) in [6, 6.07) is 11.5. The minimum Gasteiger partial charge on any atom is -0.455 e. The molecule has 1 fully saturated rings. The van der Waals surface area contributed by atoms with Crippen LogP contribution in [-0.4, -0.2) is 42.2 Å². The highest BCUT2D eigenvalue weighted by Crippen LogP contribution is 2.22. The Hall–Kier alpha value is -2.51. The zero-order valence-electron chi connectivity index (χ0n) is 13.6. The van der Waals surface area contributed by atoms with Crippen molar-refractivity contribution >= 4 is 33.3 Å². The Kier molecular flexibility index (Phi) is 4.58. The van der Waals surface area contributed by atoms with E-state index in [0.29, 0.717) is 18.8 Å². The molecule has 0 atom stereocenters. The second-order valence-electron chi connectivity index (χ2n) is 5.66. The molecule has 0 bridgehead atoms. The number of morpholine rings is 1. The molecule has 1 aromatic carbocycles. The van der Waals surface area contributed by atoms with Crippen LogP contribution in [0.1, 0.15) is 15.4 Å². The van der Waals surface area contributed by atoms with Crippen LogP contribution in [-0.2, 0) is 16.1 Å². The van der Waals surface area contributed by atoms with Crippen LogP contribution in [0.25, 0.3) is 10.2 Å². The minimum atomic E-state index is -0.389. The van der Waals surface area contributed by atoms with Crippen molar-refractivity contribution in [3.05, 3.63) is 53.2 Å². The number of ether oxygens (including phenoxy) is 2. The summed E-state index contributed by atoms with van der Waals surface area (Å²) in [6.45, 7) is 3.20. The molecular weight excluding hydrogens is 338 g/mol. The van der Waals surface area contributed by atoms with Gasteiger partial charge in [0.1, 0.15) is 17.4 Å². The van der Waals surface area contributed by atoms with Crippen LogP contribution in [0.4, 0.5) is 5.82 Å². The number of anilines is 1. The van der Waals surface area contributed by atoms with Crippen LogP contribution < -0.4 is 4.90 Å². The third-order valence-corrected chi connectivity index (χ3v) is 4.99. The number of carbonyl (C=O) groups excluding carboxylic acids is 1. The molecule has 25 heavy (non-hydrogen) atoms. The minimum absolute atomic E-state index is 0.170. The number of carbonyl (C=O) groups is 1. The Morgan fingerprint density at radius 1 is 1.20 bits per heavy atom. The van der Waals surface area contributed by atoms with E-state index in [2.05, 4.69) is 14.9 Å². The molecule has 0 N–H and O–H groups in total. The van der Waals surface area contributed by atoms with E-state index in [-0.39, 0.29) is 12.6 Å². The Morgan fingerprint density at radius 2 is 2.04 bits per heavy atom. The number of nitrogens with zero attached hydrogens (tertiary/aromatic N) is 3. The van der Waals surface area contributed by atoms with Gasteiger partial charge in [0, 0.05) is 19.3 Å². The number of hydrogen-bond donors (Lipinski definition) is 0. The normalized spacial score (nSPS) is 14.6.